The maximum absolute atomic E-state index is 12.4. The normalized spacial score (nSPS) is 20.5. The van der Waals surface area contributed by atoms with Crippen LogP contribution in [0.1, 0.15) is 32.6 Å². The number of nitrogens with one attached hydrogen (secondary N) is 1. The molecule has 0 bridgehead atoms. The highest BCUT2D eigenvalue weighted by Gasteiger charge is 2.24. The Hall–Kier alpha value is -2.13. The number of amides is 1. The number of rotatable bonds is 5. The van der Waals surface area contributed by atoms with Crippen LogP contribution in [0, 0.1) is 5.92 Å². The Balaban J connectivity index is 1.62. The lowest BCUT2D eigenvalue weighted by atomic mass is 9.86. The van der Waals surface area contributed by atoms with E-state index < -0.39 is 0 Å². The first-order valence-corrected chi connectivity index (χ1v) is 9.01. The molecule has 126 valence electrons. The summed E-state index contributed by atoms with van der Waals surface area (Å²) in [5.74, 6) is 0.791. The summed E-state index contributed by atoms with van der Waals surface area (Å²) in [5, 5.41) is 5.32. The molecule has 3 rings (SSSR count). The minimum absolute atomic E-state index is 0.0798. The van der Waals surface area contributed by atoms with Crippen molar-refractivity contribution in [2.45, 2.75) is 38.6 Å². The fraction of sp³-hybridized carbons (Fsp3) is 0.381. The molecule has 1 aliphatic carbocycles. The molecule has 0 radical (unpaired) electrons. The second-order valence-corrected chi connectivity index (χ2v) is 6.83. The summed E-state index contributed by atoms with van der Waals surface area (Å²) in [6.07, 6.45) is 5.15. The quantitative estimate of drug-likeness (QED) is 0.870. The van der Waals surface area contributed by atoms with Crippen LogP contribution in [0.4, 0.5) is 5.69 Å². The number of nitrogens with two attached hydrogens (primary N) is 1. The predicted molar refractivity (Wildman–Crippen MR) is 98.7 cm³/mol. The number of quaternary nitrogens is 1. The summed E-state index contributed by atoms with van der Waals surface area (Å²) in [7, 11) is 0. The van der Waals surface area contributed by atoms with E-state index in [2.05, 4.69) is 35.8 Å². The maximum Gasteiger partial charge on any atom is 0.279 e. The van der Waals surface area contributed by atoms with Crippen molar-refractivity contribution in [2.24, 2.45) is 5.92 Å². The number of hydrogen-bond acceptors (Lipinski definition) is 1. The third kappa shape index (κ3) is 4.24. The lowest BCUT2D eigenvalue weighted by molar-refractivity contribution is -0.687. The zero-order valence-corrected chi connectivity index (χ0v) is 14.4. The Morgan fingerprint density at radius 1 is 1.04 bits per heavy atom. The van der Waals surface area contributed by atoms with Crippen LogP contribution in [0.2, 0.25) is 0 Å². The van der Waals surface area contributed by atoms with Gasteiger partial charge in [-0.05, 0) is 30.9 Å². The molecule has 0 spiro atoms. The highest BCUT2D eigenvalue weighted by Crippen LogP contribution is 2.27. The topological polar surface area (TPSA) is 45.7 Å². The number of carbonyl (C=O) groups is 1. The largest absolute Gasteiger partial charge is 0.336 e. The zero-order chi connectivity index (χ0) is 16.8. The Morgan fingerprint density at radius 3 is 2.54 bits per heavy atom. The molecular weight excluding hydrogens is 296 g/mol. The molecule has 1 amide bonds. The summed E-state index contributed by atoms with van der Waals surface area (Å²) in [6, 6.07) is 18.8. The minimum Gasteiger partial charge on any atom is -0.336 e. The third-order valence-corrected chi connectivity index (χ3v) is 5.07. The summed E-state index contributed by atoms with van der Waals surface area (Å²) in [5.41, 5.74) is 3.08. The molecule has 0 heterocycles. The summed E-state index contributed by atoms with van der Waals surface area (Å²) in [4.78, 5) is 12.4. The van der Waals surface area contributed by atoms with E-state index >= 15 is 0 Å². The smallest absolute Gasteiger partial charge is 0.279 e. The first-order valence-electron chi connectivity index (χ1n) is 9.01. The van der Waals surface area contributed by atoms with Crippen molar-refractivity contribution in [1.29, 1.82) is 0 Å². The van der Waals surface area contributed by atoms with Gasteiger partial charge in [-0.25, -0.2) is 0 Å². The highest BCUT2D eigenvalue weighted by atomic mass is 16.1. The molecule has 2 aromatic rings. The van der Waals surface area contributed by atoms with Crippen LogP contribution in [0.5, 0.6) is 0 Å². The molecule has 24 heavy (non-hydrogen) atoms. The Bertz CT molecular complexity index is 669. The van der Waals surface area contributed by atoms with E-state index in [1.807, 2.05) is 36.4 Å². The van der Waals surface area contributed by atoms with E-state index in [1.165, 1.54) is 25.7 Å². The van der Waals surface area contributed by atoms with E-state index in [9.17, 15) is 4.79 Å². The molecule has 2 atom stereocenters. The maximum atomic E-state index is 12.4. The van der Waals surface area contributed by atoms with Gasteiger partial charge in [0.05, 0.1) is 6.04 Å². The van der Waals surface area contributed by atoms with Crippen molar-refractivity contribution < 1.29 is 10.1 Å². The molecule has 1 aliphatic rings. The molecule has 0 saturated heterocycles. The van der Waals surface area contributed by atoms with E-state index in [-0.39, 0.29) is 5.91 Å². The molecule has 1 saturated carbocycles. The second kappa shape index (κ2) is 8.11. The van der Waals surface area contributed by atoms with Gasteiger partial charge in [-0.1, -0.05) is 61.9 Å². The van der Waals surface area contributed by atoms with Gasteiger partial charge in [0.2, 0.25) is 0 Å². The number of benzene rings is 2. The van der Waals surface area contributed by atoms with Crippen LogP contribution in [0.3, 0.4) is 0 Å². The van der Waals surface area contributed by atoms with Crippen molar-refractivity contribution in [3.05, 3.63) is 54.6 Å². The van der Waals surface area contributed by atoms with Gasteiger partial charge < -0.3 is 10.6 Å². The van der Waals surface area contributed by atoms with E-state index in [1.54, 1.807) is 0 Å². The Kier molecular flexibility index (Phi) is 5.65. The van der Waals surface area contributed by atoms with Crippen molar-refractivity contribution in [2.75, 3.05) is 11.9 Å². The summed E-state index contributed by atoms with van der Waals surface area (Å²) >= 11 is 0. The standard InChI is InChI=1S/C21H26N2O/c1-16-9-5-7-13-19(16)22-15-21(24)23-20-14-8-6-12-18(20)17-10-3-2-4-11-17/h2-4,6,8,10-12,14,16,19,22H,5,7,9,13,15H2,1H3,(H,23,24)/p+1/t16-,19-/m0/s1. The lowest BCUT2D eigenvalue weighted by Crippen LogP contribution is -2.93. The monoisotopic (exact) mass is 323 g/mol. The summed E-state index contributed by atoms with van der Waals surface area (Å²) < 4.78 is 0. The molecule has 2 aromatic carbocycles. The first kappa shape index (κ1) is 16.7. The van der Waals surface area contributed by atoms with Crippen molar-refractivity contribution in [3.8, 4) is 11.1 Å². The SMILES string of the molecule is C[C@H]1CCCC[C@@H]1[NH2+]CC(=O)Nc1ccccc1-c1ccccc1. The van der Waals surface area contributed by atoms with Crippen LogP contribution in [0.15, 0.2) is 54.6 Å². The second-order valence-electron chi connectivity index (χ2n) is 6.83. The van der Waals surface area contributed by atoms with Crippen molar-refractivity contribution in [1.82, 2.24) is 0 Å². The number of anilines is 1. The third-order valence-electron chi connectivity index (χ3n) is 5.07. The fourth-order valence-electron chi connectivity index (χ4n) is 3.62. The number of hydrogen-bond donors (Lipinski definition) is 2. The molecular formula is C21H27N2O+. The average Bonchev–Trinajstić information content (AvgIpc) is 2.62. The lowest BCUT2D eigenvalue weighted by Gasteiger charge is -2.26. The van der Waals surface area contributed by atoms with E-state index in [0.29, 0.717) is 18.5 Å². The van der Waals surface area contributed by atoms with Crippen LogP contribution in [-0.2, 0) is 4.79 Å². The first-order chi connectivity index (χ1) is 11.7. The van der Waals surface area contributed by atoms with Gasteiger partial charge in [0.25, 0.3) is 5.91 Å². The van der Waals surface area contributed by atoms with Crippen molar-refractivity contribution in [3.63, 3.8) is 0 Å². The molecule has 1 fully saturated rings. The molecule has 0 unspecified atom stereocenters. The van der Waals surface area contributed by atoms with E-state index in [4.69, 9.17) is 0 Å². The van der Waals surface area contributed by atoms with Crippen molar-refractivity contribution >= 4 is 11.6 Å². The minimum atomic E-state index is 0.0798. The number of carbonyl (C=O) groups excluding carboxylic acids is 1. The fourth-order valence-corrected chi connectivity index (χ4v) is 3.62. The Morgan fingerprint density at radius 2 is 1.75 bits per heavy atom. The number of para-hydroxylation sites is 1. The predicted octanol–water partition coefficient (Wildman–Crippen LogP) is 3.43. The van der Waals surface area contributed by atoms with Gasteiger partial charge in [-0.15, -0.1) is 0 Å². The molecule has 3 nitrogen and oxygen atoms in total. The van der Waals surface area contributed by atoms with Gasteiger partial charge in [-0.2, -0.15) is 0 Å². The Labute approximate surface area is 144 Å². The van der Waals surface area contributed by atoms with Gasteiger partial charge in [0.15, 0.2) is 6.54 Å². The van der Waals surface area contributed by atoms with Crippen LogP contribution in [0.25, 0.3) is 11.1 Å². The average molecular weight is 323 g/mol. The van der Waals surface area contributed by atoms with Gasteiger partial charge in [0, 0.05) is 17.2 Å². The highest BCUT2D eigenvalue weighted by molar-refractivity contribution is 5.95. The van der Waals surface area contributed by atoms with Crippen LogP contribution < -0.4 is 10.6 Å². The van der Waals surface area contributed by atoms with Gasteiger partial charge in [-0.3, -0.25) is 4.79 Å². The zero-order valence-electron chi connectivity index (χ0n) is 14.4. The van der Waals surface area contributed by atoms with Gasteiger partial charge >= 0.3 is 0 Å². The van der Waals surface area contributed by atoms with Crippen LogP contribution >= 0.6 is 0 Å². The molecule has 3 heteroatoms. The molecule has 0 aliphatic heterocycles. The molecule has 0 aromatic heterocycles. The summed E-state index contributed by atoms with van der Waals surface area (Å²) in [6.45, 7) is 2.81. The van der Waals surface area contributed by atoms with Crippen LogP contribution in [-0.4, -0.2) is 18.5 Å². The molecule has 3 N–H and O–H groups in total. The van der Waals surface area contributed by atoms with E-state index in [0.717, 1.165) is 16.8 Å². The van der Waals surface area contributed by atoms with Gasteiger partial charge in [0.1, 0.15) is 0 Å².